The Balaban J connectivity index is 2.63. The molecule has 1 heterocycles. The van der Waals surface area contributed by atoms with Crippen LogP contribution in [0.4, 0.5) is 23.7 Å². The Kier molecular flexibility index (Phi) is 4.90. The van der Waals surface area contributed by atoms with Gasteiger partial charge in [0.2, 0.25) is 0 Å². The van der Waals surface area contributed by atoms with Crippen LogP contribution in [0.1, 0.15) is 19.8 Å². The van der Waals surface area contributed by atoms with Gasteiger partial charge in [0, 0.05) is 18.7 Å². The number of carbonyl (C=O) groups excluding carboxylic acids is 1. The number of aromatic nitrogens is 1. The number of rotatable bonds is 4. The zero-order chi connectivity index (χ0) is 17.9. The van der Waals surface area contributed by atoms with E-state index in [1.165, 1.54) is 0 Å². The third-order valence-electron chi connectivity index (χ3n) is 3.02. The van der Waals surface area contributed by atoms with Crippen molar-refractivity contribution in [3.05, 3.63) is 34.0 Å². The van der Waals surface area contributed by atoms with Crippen molar-refractivity contribution in [3.63, 3.8) is 0 Å². The molecule has 0 atom stereocenters. The Morgan fingerprint density at radius 2 is 2.17 bits per heavy atom. The number of benzene rings is 1. The molecular weight excluding hydrogens is 333 g/mol. The highest BCUT2D eigenvalue weighted by Crippen LogP contribution is 2.21. The Labute approximate surface area is 132 Å². The smallest absolute Gasteiger partial charge is 0.423 e. The molecule has 11 heteroatoms. The van der Waals surface area contributed by atoms with Crippen molar-refractivity contribution in [3.8, 4) is 0 Å². The maximum atomic E-state index is 12.5. The van der Waals surface area contributed by atoms with Crippen molar-refractivity contribution in [1.82, 2.24) is 9.88 Å². The van der Waals surface area contributed by atoms with Gasteiger partial charge in [-0.25, -0.2) is 9.36 Å². The molecule has 0 bridgehead atoms. The second-order valence-corrected chi connectivity index (χ2v) is 4.79. The highest BCUT2D eigenvalue weighted by atomic mass is 19.4. The molecule has 0 radical (unpaired) electrons. The van der Waals surface area contributed by atoms with Crippen molar-refractivity contribution >= 4 is 22.8 Å². The van der Waals surface area contributed by atoms with Crippen LogP contribution in [0.3, 0.4) is 0 Å². The number of hydrogen-bond donors (Lipinski definition) is 1. The number of nitro groups is 1. The van der Waals surface area contributed by atoms with Gasteiger partial charge in [0.1, 0.15) is 5.52 Å². The lowest BCUT2D eigenvalue weighted by molar-refractivity contribution is -0.384. The molecular formula is C13H13F3N4O4. The van der Waals surface area contributed by atoms with E-state index in [-0.39, 0.29) is 17.6 Å². The first-order chi connectivity index (χ1) is 11.2. The predicted octanol–water partition coefficient (Wildman–Crippen LogP) is 2.92. The summed E-state index contributed by atoms with van der Waals surface area (Å²) in [4.78, 5) is 24.7. The van der Waals surface area contributed by atoms with Crippen LogP contribution in [-0.4, -0.2) is 28.4 Å². The molecule has 1 N–H and O–H groups in total. The van der Waals surface area contributed by atoms with Crippen molar-refractivity contribution in [2.75, 3.05) is 6.54 Å². The molecule has 2 aromatic rings. The predicted molar refractivity (Wildman–Crippen MR) is 76.2 cm³/mol. The highest BCUT2D eigenvalue weighted by molar-refractivity contribution is 5.88. The second kappa shape index (κ2) is 6.72. The molecule has 130 valence electrons. The fourth-order valence-corrected chi connectivity index (χ4v) is 1.96. The molecule has 24 heavy (non-hydrogen) atoms. The summed E-state index contributed by atoms with van der Waals surface area (Å²) < 4.78 is 43.1. The molecule has 0 fully saturated rings. The molecule has 0 aliphatic rings. The number of halogens is 3. The van der Waals surface area contributed by atoms with Crippen LogP contribution in [0.25, 0.3) is 11.1 Å². The third kappa shape index (κ3) is 3.91. The maximum Gasteiger partial charge on any atom is 0.507 e. The molecule has 0 saturated heterocycles. The van der Waals surface area contributed by atoms with Crippen molar-refractivity contribution in [2.24, 2.45) is 4.99 Å². The number of nitrogens with one attached hydrogen (secondary N) is 1. The first-order valence-corrected chi connectivity index (χ1v) is 6.93. The number of nitro benzene ring substituents is 1. The summed E-state index contributed by atoms with van der Waals surface area (Å²) in [7, 11) is 0. The fourth-order valence-electron chi connectivity index (χ4n) is 1.96. The van der Waals surface area contributed by atoms with Gasteiger partial charge in [0.25, 0.3) is 5.69 Å². The van der Waals surface area contributed by atoms with Crippen LogP contribution in [-0.2, 0) is 0 Å². The summed E-state index contributed by atoms with van der Waals surface area (Å²) in [6, 6.07) is 2.21. The van der Waals surface area contributed by atoms with Gasteiger partial charge in [-0.15, -0.1) is 18.2 Å². The number of oxazole rings is 1. The molecule has 1 amide bonds. The Hall–Kier alpha value is -2.85. The quantitative estimate of drug-likeness (QED) is 0.398. The van der Waals surface area contributed by atoms with Crippen molar-refractivity contribution in [1.29, 1.82) is 0 Å². The fraction of sp³-hybridized carbons (Fsp3) is 0.385. The number of fused-ring (bicyclic) bond motifs is 1. The van der Waals surface area contributed by atoms with E-state index < -0.39 is 28.6 Å². The second-order valence-electron chi connectivity index (χ2n) is 4.79. The van der Waals surface area contributed by atoms with Gasteiger partial charge in [-0.2, -0.15) is 0 Å². The largest absolute Gasteiger partial charge is 0.507 e. The minimum Gasteiger partial charge on any atom is -0.423 e. The minimum absolute atomic E-state index is 0.130. The van der Waals surface area contributed by atoms with Gasteiger partial charge in [0.15, 0.2) is 5.58 Å². The number of carbonyl (C=O) groups is 1. The van der Waals surface area contributed by atoms with Crippen LogP contribution in [0.15, 0.2) is 27.6 Å². The molecule has 0 aliphatic carbocycles. The lowest BCUT2D eigenvalue weighted by atomic mass is 10.3. The standard InChI is InChI=1S/C13H13F3N4O4/c1-2-3-6-17-11(21)19-9-7-8(20(22)23)4-5-10(9)24-12(19)18-13(14,15)16/h4-5,7H,2-3,6H2,1H3,(H,17,21). The zero-order valence-electron chi connectivity index (χ0n) is 12.5. The van der Waals surface area contributed by atoms with Crippen molar-refractivity contribution in [2.45, 2.75) is 26.1 Å². The average molecular weight is 346 g/mol. The molecule has 1 aromatic carbocycles. The summed E-state index contributed by atoms with van der Waals surface area (Å²) in [5.74, 6) is 0. The number of unbranched alkanes of at least 4 members (excludes halogenated alkanes) is 1. The van der Waals surface area contributed by atoms with Crippen LogP contribution < -0.4 is 11.0 Å². The number of amides is 1. The monoisotopic (exact) mass is 346 g/mol. The van der Waals surface area contributed by atoms with E-state index >= 15 is 0 Å². The first kappa shape index (κ1) is 17.5. The van der Waals surface area contributed by atoms with Gasteiger partial charge in [-0.05, 0) is 12.5 Å². The van der Waals surface area contributed by atoms with E-state index in [1.807, 2.05) is 6.92 Å². The Morgan fingerprint density at radius 3 is 2.75 bits per heavy atom. The lowest BCUT2D eigenvalue weighted by Gasteiger charge is -2.05. The van der Waals surface area contributed by atoms with E-state index in [0.717, 1.165) is 24.6 Å². The summed E-state index contributed by atoms with van der Waals surface area (Å²) in [6.45, 7) is 2.11. The van der Waals surface area contributed by atoms with Gasteiger partial charge in [-0.3, -0.25) is 10.1 Å². The zero-order valence-corrected chi connectivity index (χ0v) is 12.5. The van der Waals surface area contributed by atoms with Crippen LogP contribution in [0.5, 0.6) is 0 Å². The first-order valence-electron chi connectivity index (χ1n) is 6.93. The number of nitrogens with zero attached hydrogens (tertiary/aromatic N) is 3. The van der Waals surface area contributed by atoms with Crippen LogP contribution in [0, 0.1) is 10.1 Å². The van der Waals surface area contributed by atoms with E-state index in [4.69, 9.17) is 4.42 Å². The van der Waals surface area contributed by atoms with Gasteiger partial charge in [0.05, 0.1) is 4.92 Å². The highest BCUT2D eigenvalue weighted by Gasteiger charge is 2.29. The molecule has 8 nitrogen and oxygen atoms in total. The molecule has 2 rings (SSSR count). The summed E-state index contributed by atoms with van der Waals surface area (Å²) >= 11 is 0. The lowest BCUT2D eigenvalue weighted by Crippen LogP contribution is -2.36. The topological polar surface area (TPSA) is 103 Å². The van der Waals surface area contributed by atoms with E-state index in [0.29, 0.717) is 11.0 Å². The minimum atomic E-state index is -4.97. The van der Waals surface area contributed by atoms with Gasteiger partial charge >= 0.3 is 18.0 Å². The normalized spacial score (nSPS) is 12.6. The van der Waals surface area contributed by atoms with E-state index in [9.17, 15) is 28.1 Å². The summed E-state index contributed by atoms with van der Waals surface area (Å²) in [6.07, 6.45) is -3.58. The van der Waals surface area contributed by atoms with Gasteiger partial charge < -0.3 is 9.73 Å². The molecule has 1 aromatic heterocycles. The molecule has 0 unspecified atom stereocenters. The number of hydrogen-bond acceptors (Lipinski definition) is 5. The van der Waals surface area contributed by atoms with E-state index in [2.05, 4.69) is 10.3 Å². The SMILES string of the molecule is CCCCNC(=O)n1c(=NC(F)(F)F)oc2ccc([N+](=O)[O-])cc21. The number of non-ortho nitro benzene ring substituents is 1. The Morgan fingerprint density at radius 1 is 1.46 bits per heavy atom. The summed E-state index contributed by atoms with van der Waals surface area (Å²) in [5, 5.41) is 13.3. The maximum absolute atomic E-state index is 12.5. The van der Waals surface area contributed by atoms with E-state index in [1.54, 1.807) is 0 Å². The van der Waals surface area contributed by atoms with Gasteiger partial charge in [-0.1, -0.05) is 13.3 Å². The van der Waals surface area contributed by atoms with Crippen molar-refractivity contribution < 1.29 is 27.3 Å². The third-order valence-corrected chi connectivity index (χ3v) is 3.02. The van der Waals surface area contributed by atoms with Crippen LogP contribution >= 0.6 is 0 Å². The molecule has 0 aliphatic heterocycles. The number of alkyl halides is 3. The molecule has 0 spiro atoms. The molecule has 0 saturated carbocycles. The summed E-state index contributed by atoms with van der Waals surface area (Å²) in [5.41, 5.74) is -1.71. The Bertz CT molecular complexity index is 838. The average Bonchev–Trinajstić information content (AvgIpc) is 2.81. The van der Waals surface area contributed by atoms with Crippen LogP contribution in [0.2, 0.25) is 0 Å².